The van der Waals surface area contributed by atoms with Gasteiger partial charge in [0, 0.05) is 18.1 Å². The van der Waals surface area contributed by atoms with Crippen molar-refractivity contribution in [2.45, 2.75) is 110 Å². The van der Waals surface area contributed by atoms with Gasteiger partial charge in [0.25, 0.3) is 0 Å². The predicted octanol–water partition coefficient (Wildman–Crippen LogP) is 7.79. The number of carbonyl (C=O) groups excluding carboxylic acids is 1. The normalized spacial score (nSPS) is 25.7. The summed E-state index contributed by atoms with van der Waals surface area (Å²) in [6, 6.07) is 7.40. The Kier molecular flexibility index (Phi) is 11.4. The average molecular weight is 483 g/mol. The summed E-state index contributed by atoms with van der Waals surface area (Å²) in [5, 5.41) is 9.88. The topological polar surface area (TPSA) is 46.5 Å². The Hall–Kier alpha value is -1.61. The summed E-state index contributed by atoms with van der Waals surface area (Å²) >= 11 is 0. The highest BCUT2D eigenvalue weighted by Crippen LogP contribution is 2.45. The van der Waals surface area contributed by atoms with Crippen LogP contribution in [0.5, 0.6) is 0 Å². The van der Waals surface area contributed by atoms with E-state index in [1.54, 1.807) is 23.6 Å². The molecule has 3 heteroatoms. The van der Waals surface area contributed by atoms with E-state index in [1.165, 1.54) is 64.2 Å². The Morgan fingerprint density at radius 2 is 1.66 bits per heavy atom. The largest absolute Gasteiger partial charge is 0.462 e. The summed E-state index contributed by atoms with van der Waals surface area (Å²) in [5.74, 6) is 2.61. The fourth-order valence-corrected chi connectivity index (χ4v) is 6.69. The fraction of sp³-hybridized carbons (Fsp3) is 0.719. The number of hydrogen-bond donors (Lipinski definition) is 1. The van der Waals surface area contributed by atoms with E-state index >= 15 is 0 Å². The third-order valence-corrected chi connectivity index (χ3v) is 9.07. The van der Waals surface area contributed by atoms with Crippen molar-refractivity contribution >= 4 is 5.97 Å². The molecule has 2 aliphatic rings. The van der Waals surface area contributed by atoms with E-state index in [9.17, 15) is 9.90 Å². The van der Waals surface area contributed by atoms with Crippen LogP contribution in [0, 0.1) is 23.7 Å². The van der Waals surface area contributed by atoms with Gasteiger partial charge in [-0.3, -0.25) is 0 Å². The van der Waals surface area contributed by atoms with Crippen molar-refractivity contribution in [3.8, 4) is 0 Å². The molecule has 0 bridgehead atoms. The van der Waals surface area contributed by atoms with E-state index in [1.807, 2.05) is 0 Å². The third kappa shape index (κ3) is 7.94. The van der Waals surface area contributed by atoms with Crippen LogP contribution < -0.4 is 0 Å². The Balaban J connectivity index is 1.46. The number of unbranched alkanes of at least 4 members (excludes halogenated alkanes) is 2. The van der Waals surface area contributed by atoms with Crippen molar-refractivity contribution in [2.24, 2.45) is 23.7 Å². The smallest absolute Gasteiger partial charge is 0.333 e. The standard InChI is InChI=1S/C32H50O3/c1-5-7-8-9-25-18-19-30(20-24(25)6-2)28-14-10-26(11-15-28)27-12-16-29(17-13-27)31(21-33)22-35-32(34)23(3)4/h18-20,26-29,31,33H,3,5-17,21-22H2,1-2,4H3. The minimum Gasteiger partial charge on any atom is -0.462 e. The first-order valence-corrected chi connectivity index (χ1v) is 14.5. The second kappa shape index (κ2) is 14.2. The highest BCUT2D eigenvalue weighted by Gasteiger charge is 2.34. The van der Waals surface area contributed by atoms with Crippen molar-refractivity contribution in [3.63, 3.8) is 0 Å². The summed E-state index contributed by atoms with van der Waals surface area (Å²) in [7, 11) is 0. The molecule has 1 unspecified atom stereocenters. The van der Waals surface area contributed by atoms with Gasteiger partial charge in [0.2, 0.25) is 0 Å². The minimum absolute atomic E-state index is 0.0627. The van der Waals surface area contributed by atoms with Crippen molar-refractivity contribution in [3.05, 3.63) is 47.0 Å². The number of aliphatic hydroxyl groups is 1. The summed E-state index contributed by atoms with van der Waals surface area (Å²) < 4.78 is 5.36. The molecule has 1 aromatic carbocycles. The molecular formula is C32H50O3. The first-order valence-electron chi connectivity index (χ1n) is 14.5. The second-order valence-corrected chi connectivity index (χ2v) is 11.4. The van der Waals surface area contributed by atoms with E-state index in [-0.39, 0.29) is 18.5 Å². The Bertz CT molecular complexity index is 797. The van der Waals surface area contributed by atoms with Gasteiger partial charge >= 0.3 is 5.97 Å². The fourth-order valence-electron chi connectivity index (χ4n) is 6.69. The van der Waals surface area contributed by atoms with Crippen molar-refractivity contribution in [2.75, 3.05) is 13.2 Å². The molecule has 2 fully saturated rings. The molecule has 2 aliphatic carbocycles. The molecule has 0 aliphatic heterocycles. The predicted molar refractivity (Wildman–Crippen MR) is 146 cm³/mol. The molecule has 2 saturated carbocycles. The van der Waals surface area contributed by atoms with Crippen LogP contribution in [0.2, 0.25) is 0 Å². The molecule has 196 valence electrons. The molecule has 0 spiro atoms. The first-order chi connectivity index (χ1) is 17.0. The molecule has 3 nitrogen and oxygen atoms in total. The van der Waals surface area contributed by atoms with Crippen LogP contribution in [0.3, 0.4) is 0 Å². The zero-order valence-corrected chi connectivity index (χ0v) is 22.7. The van der Waals surface area contributed by atoms with Crippen LogP contribution in [-0.2, 0) is 22.4 Å². The molecule has 0 saturated heterocycles. The van der Waals surface area contributed by atoms with Gasteiger partial charge in [0.05, 0.1) is 6.61 Å². The van der Waals surface area contributed by atoms with E-state index in [0.29, 0.717) is 18.1 Å². The summed E-state index contributed by atoms with van der Waals surface area (Å²) in [6.07, 6.45) is 16.5. The molecule has 0 amide bonds. The van der Waals surface area contributed by atoms with Crippen LogP contribution in [-0.4, -0.2) is 24.3 Å². The van der Waals surface area contributed by atoms with Crippen LogP contribution in [0.1, 0.15) is 114 Å². The first kappa shape index (κ1) is 28.0. The minimum atomic E-state index is -0.342. The van der Waals surface area contributed by atoms with E-state index in [2.05, 4.69) is 38.6 Å². The van der Waals surface area contributed by atoms with Gasteiger partial charge in [-0.2, -0.15) is 0 Å². The van der Waals surface area contributed by atoms with Crippen LogP contribution >= 0.6 is 0 Å². The lowest BCUT2D eigenvalue weighted by atomic mass is 9.67. The van der Waals surface area contributed by atoms with E-state index in [4.69, 9.17) is 4.74 Å². The van der Waals surface area contributed by atoms with Gasteiger partial charge in [0.1, 0.15) is 0 Å². The SMILES string of the molecule is C=C(C)C(=O)OCC(CO)C1CCC(C2CCC(c3ccc(CCCCC)c(CC)c3)CC2)CC1. The maximum absolute atomic E-state index is 11.7. The van der Waals surface area contributed by atoms with Gasteiger partial charge in [-0.15, -0.1) is 0 Å². The van der Waals surface area contributed by atoms with E-state index < -0.39 is 0 Å². The summed E-state index contributed by atoms with van der Waals surface area (Å²) in [5.41, 5.74) is 5.16. The number of aliphatic hydroxyl groups excluding tert-OH is 1. The monoisotopic (exact) mass is 482 g/mol. The Labute approximate surface area is 214 Å². The molecule has 0 heterocycles. The van der Waals surface area contributed by atoms with Crippen molar-refractivity contribution in [1.82, 2.24) is 0 Å². The molecule has 0 aromatic heterocycles. The molecule has 0 radical (unpaired) electrons. The van der Waals surface area contributed by atoms with Crippen LogP contribution in [0.25, 0.3) is 0 Å². The number of ether oxygens (including phenoxy) is 1. The Morgan fingerprint density at radius 1 is 1.00 bits per heavy atom. The quantitative estimate of drug-likeness (QED) is 0.188. The summed E-state index contributed by atoms with van der Waals surface area (Å²) in [6.45, 7) is 10.3. The van der Waals surface area contributed by atoms with Crippen molar-refractivity contribution in [1.29, 1.82) is 0 Å². The van der Waals surface area contributed by atoms with E-state index in [0.717, 1.165) is 37.0 Å². The molecule has 35 heavy (non-hydrogen) atoms. The number of benzene rings is 1. The summed E-state index contributed by atoms with van der Waals surface area (Å²) in [4.78, 5) is 11.7. The van der Waals surface area contributed by atoms with Gasteiger partial charge in [0.15, 0.2) is 0 Å². The number of esters is 1. The maximum Gasteiger partial charge on any atom is 0.333 e. The van der Waals surface area contributed by atoms with Gasteiger partial charge in [-0.25, -0.2) is 4.79 Å². The highest BCUT2D eigenvalue weighted by molar-refractivity contribution is 5.86. The average Bonchev–Trinajstić information content (AvgIpc) is 2.89. The molecule has 1 aromatic rings. The number of hydrogen-bond acceptors (Lipinski definition) is 3. The van der Waals surface area contributed by atoms with Crippen LogP contribution in [0.4, 0.5) is 0 Å². The van der Waals surface area contributed by atoms with Crippen molar-refractivity contribution < 1.29 is 14.6 Å². The third-order valence-electron chi connectivity index (χ3n) is 9.07. The molecule has 1 N–H and O–H groups in total. The lowest BCUT2D eigenvalue weighted by molar-refractivity contribution is -0.141. The lowest BCUT2D eigenvalue weighted by Gasteiger charge is -2.39. The number of carbonyl (C=O) groups is 1. The number of rotatable bonds is 12. The number of aryl methyl sites for hydroxylation is 2. The lowest BCUT2D eigenvalue weighted by Crippen LogP contribution is -2.31. The van der Waals surface area contributed by atoms with Crippen LogP contribution in [0.15, 0.2) is 30.4 Å². The molecule has 3 rings (SSSR count). The molecular weight excluding hydrogens is 432 g/mol. The zero-order chi connectivity index (χ0) is 25.2. The van der Waals surface area contributed by atoms with Gasteiger partial charge < -0.3 is 9.84 Å². The second-order valence-electron chi connectivity index (χ2n) is 11.4. The Morgan fingerprint density at radius 3 is 2.23 bits per heavy atom. The van der Waals surface area contributed by atoms with Gasteiger partial charge in [-0.05, 0) is 118 Å². The zero-order valence-electron chi connectivity index (χ0n) is 22.7. The molecule has 1 atom stereocenters. The highest BCUT2D eigenvalue weighted by atomic mass is 16.5. The van der Waals surface area contributed by atoms with Gasteiger partial charge in [-0.1, -0.05) is 51.5 Å². The maximum atomic E-state index is 11.7.